The van der Waals surface area contributed by atoms with Gasteiger partial charge in [0.05, 0.1) is 12.6 Å². The molecule has 1 unspecified atom stereocenters. The first-order chi connectivity index (χ1) is 8.56. The SMILES string of the molecule is CCC(CO)NC(=O)NCc1ccc(Br)cc1Cl. The molecular weight excluding hydrogens is 320 g/mol. The second kappa shape index (κ2) is 7.61. The summed E-state index contributed by atoms with van der Waals surface area (Å²) in [5, 5.41) is 14.9. The van der Waals surface area contributed by atoms with Crippen LogP contribution in [0.1, 0.15) is 18.9 Å². The Morgan fingerprint density at radius 3 is 2.83 bits per heavy atom. The van der Waals surface area contributed by atoms with Gasteiger partial charge < -0.3 is 15.7 Å². The molecule has 0 aromatic heterocycles. The van der Waals surface area contributed by atoms with Crippen LogP contribution in [-0.4, -0.2) is 23.8 Å². The van der Waals surface area contributed by atoms with Gasteiger partial charge in [-0.3, -0.25) is 0 Å². The van der Waals surface area contributed by atoms with Gasteiger partial charge in [0.1, 0.15) is 0 Å². The van der Waals surface area contributed by atoms with Gasteiger partial charge in [0.2, 0.25) is 0 Å². The average molecular weight is 336 g/mol. The molecule has 0 aliphatic carbocycles. The molecule has 0 saturated heterocycles. The lowest BCUT2D eigenvalue weighted by Crippen LogP contribution is -2.43. The van der Waals surface area contributed by atoms with Crippen molar-refractivity contribution in [1.82, 2.24) is 10.6 Å². The third-order valence-electron chi connectivity index (χ3n) is 2.50. The van der Waals surface area contributed by atoms with Crippen LogP contribution in [-0.2, 0) is 6.54 Å². The first-order valence-electron chi connectivity index (χ1n) is 5.66. The number of nitrogens with one attached hydrogen (secondary N) is 2. The predicted molar refractivity (Wildman–Crippen MR) is 75.7 cm³/mol. The zero-order valence-electron chi connectivity index (χ0n) is 10.0. The third kappa shape index (κ3) is 4.84. The van der Waals surface area contributed by atoms with E-state index in [1.165, 1.54) is 0 Å². The molecule has 1 atom stereocenters. The lowest BCUT2D eigenvalue weighted by atomic mass is 10.2. The highest BCUT2D eigenvalue weighted by Gasteiger charge is 2.09. The molecule has 18 heavy (non-hydrogen) atoms. The van der Waals surface area contributed by atoms with E-state index < -0.39 is 0 Å². The minimum Gasteiger partial charge on any atom is -0.394 e. The van der Waals surface area contributed by atoms with Gasteiger partial charge in [0, 0.05) is 16.0 Å². The fourth-order valence-electron chi connectivity index (χ4n) is 1.35. The number of hydrogen-bond donors (Lipinski definition) is 3. The summed E-state index contributed by atoms with van der Waals surface area (Å²) >= 11 is 9.35. The quantitative estimate of drug-likeness (QED) is 0.775. The van der Waals surface area contributed by atoms with Crippen molar-refractivity contribution >= 4 is 33.6 Å². The molecule has 1 aromatic carbocycles. The molecule has 0 spiro atoms. The molecule has 1 aromatic rings. The number of carbonyl (C=O) groups is 1. The summed E-state index contributed by atoms with van der Waals surface area (Å²) in [5.41, 5.74) is 0.840. The Morgan fingerprint density at radius 2 is 2.28 bits per heavy atom. The van der Waals surface area contributed by atoms with Crippen LogP contribution in [0.5, 0.6) is 0 Å². The van der Waals surface area contributed by atoms with Gasteiger partial charge in [-0.15, -0.1) is 0 Å². The molecule has 3 N–H and O–H groups in total. The number of halogens is 2. The van der Waals surface area contributed by atoms with Gasteiger partial charge in [-0.1, -0.05) is 40.5 Å². The number of aliphatic hydroxyl groups excluding tert-OH is 1. The maximum atomic E-state index is 11.5. The Balaban J connectivity index is 2.47. The lowest BCUT2D eigenvalue weighted by Gasteiger charge is -2.15. The molecule has 0 aliphatic rings. The van der Waals surface area contributed by atoms with Gasteiger partial charge in [-0.25, -0.2) is 4.79 Å². The van der Waals surface area contributed by atoms with Crippen LogP contribution in [0.4, 0.5) is 4.79 Å². The standard InChI is InChI=1S/C12H16BrClN2O2/c1-2-10(7-17)16-12(18)15-6-8-3-4-9(13)5-11(8)14/h3-5,10,17H,2,6-7H2,1H3,(H2,15,16,18). The fourth-order valence-corrected chi connectivity index (χ4v) is 2.09. The van der Waals surface area contributed by atoms with Crippen LogP contribution in [0, 0.1) is 0 Å². The normalized spacial score (nSPS) is 12.0. The van der Waals surface area contributed by atoms with Crippen LogP contribution in [0.15, 0.2) is 22.7 Å². The van der Waals surface area contributed by atoms with Crippen molar-refractivity contribution in [1.29, 1.82) is 0 Å². The molecule has 100 valence electrons. The van der Waals surface area contributed by atoms with E-state index in [2.05, 4.69) is 26.6 Å². The van der Waals surface area contributed by atoms with E-state index >= 15 is 0 Å². The number of aliphatic hydroxyl groups is 1. The first-order valence-corrected chi connectivity index (χ1v) is 6.83. The van der Waals surface area contributed by atoms with E-state index in [0.717, 1.165) is 10.0 Å². The predicted octanol–water partition coefficient (Wildman–Crippen LogP) is 2.67. The minimum absolute atomic E-state index is 0.0665. The monoisotopic (exact) mass is 334 g/mol. The molecular formula is C12H16BrClN2O2. The Hall–Kier alpha value is -0.780. The minimum atomic E-state index is -0.310. The summed E-state index contributed by atoms with van der Waals surface area (Å²) < 4.78 is 0.895. The van der Waals surface area contributed by atoms with Crippen molar-refractivity contribution < 1.29 is 9.90 Å². The van der Waals surface area contributed by atoms with E-state index in [0.29, 0.717) is 18.0 Å². The number of amides is 2. The number of hydrogen-bond acceptors (Lipinski definition) is 2. The molecule has 0 bridgehead atoms. The Morgan fingerprint density at radius 1 is 1.56 bits per heavy atom. The maximum Gasteiger partial charge on any atom is 0.315 e. The van der Waals surface area contributed by atoms with Gasteiger partial charge in [-0.2, -0.15) is 0 Å². The summed E-state index contributed by atoms with van der Waals surface area (Å²) in [5.74, 6) is 0. The summed E-state index contributed by atoms with van der Waals surface area (Å²) in [4.78, 5) is 11.5. The number of rotatable bonds is 5. The van der Waals surface area contributed by atoms with E-state index in [-0.39, 0.29) is 18.7 Å². The van der Waals surface area contributed by atoms with E-state index in [9.17, 15) is 4.79 Å². The van der Waals surface area contributed by atoms with Crippen LogP contribution < -0.4 is 10.6 Å². The zero-order valence-corrected chi connectivity index (χ0v) is 12.4. The molecule has 1 rings (SSSR count). The van der Waals surface area contributed by atoms with Crippen molar-refractivity contribution in [3.63, 3.8) is 0 Å². The second-order valence-electron chi connectivity index (χ2n) is 3.85. The summed E-state index contributed by atoms with van der Waals surface area (Å²) in [7, 11) is 0. The van der Waals surface area contributed by atoms with Gasteiger partial charge in [0.15, 0.2) is 0 Å². The Labute approximate surface area is 120 Å². The molecule has 2 amide bonds. The smallest absolute Gasteiger partial charge is 0.315 e. The van der Waals surface area contributed by atoms with Gasteiger partial charge >= 0.3 is 6.03 Å². The van der Waals surface area contributed by atoms with Crippen molar-refractivity contribution in [2.24, 2.45) is 0 Å². The third-order valence-corrected chi connectivity index (χ3v) is 3.35. The Kier molecular flexibility index (Phi) is 6.46. The van der Waals surface area contributed by atoms with Crippen molar-refractivity contribution in [2.75, 3.05) is 6.61 Å². The molecule has 0 saturated carbocycles. The number of benzene rings is 1. The molecule has 4 nitrogen and oxygen atoms in total. The molecule has 6 heteroatoms. The molecule has 0 radical (unpaired) electrons. The Bertz CT molecular complexity index is 411. The highest BCUT2D eigenvalue weighted by atomic mass is 79.9. The lowest BCUT2D eigenvalue weighted by molar-refractivity contribution is 0.214. The molecule has 0 aliphatic heterocycles. The number of carbonyl (C=O) groups excluding carboxylic acids is 1. The highest BCUT2D eigenvalue weighted by molar-refractivity contribution is 9.10. The first kappa shape index (κ1) is 15.3. The van der Waals surface area contributed by atoms with Gasteiger partial charge in [0.25, 0.3) is 0 Å². The van der Waals surface area contributed by atoms with Crippen molar-refractivity contribution in [3.05, 3.63) is 33.3 Å². The van der Waals surface area contributed by atoms with Crippen molar-refractivity contribution in [3.8, 4) is 0 Å². The topological polar surface area (TPSA) is 61.4 Å². The summed E-state index contributed by atoms with van der Waals surface area (Å²) in [6, 6.07) is 4.96. The van der Waals surface area contributed by atoms with Crippen LogP contribution in [0.3, 0.4) is 0 Å². The largest absolute Gasteiger partial charge is 0.394 e. The van der Waals surface area contributed by atoms with Crippen LogP contribution >= 0.6 is 27.5 Å². The highest BCUT2D eigenvalue weighted by Crippen LogP contribution is 2.21. The second-order valence-corrected chi connectivity index (χ2v) is 5.17. The van der Waals surface area contributed by atoms with E-state index in [1.54, 1.807) is 6.07 Å². The van der Waals surface area contributed by atoms with Gasteiger partial charge in [-0.05, 0) is 24.1 Å². The fraction of sp³-hybridized carbons (Fsp3) is 0.417. The maximum absolute atomic E-state index is 11.5. The van der Waals surface area contributed by atoms with Crippen LogP contribution in [0.25, 0.3) is 0 Å². The average Bonchev–Trinajstić information content (AvgIpc) is 2.35. The summed E-state index contributed by atoms with van der Waals surface area (Å²) in [6.07, 6.45) is 0.683. The number of urea groups is 1. The van der Waals surface area contributed by atoms with E-state index in [1.807, 2.05) is 19.1 Å². The molecule has 0 fully saturated rings. The zero-order chi connectivity index (χ0) is 13.5. The molecule has 0 heterocycles. The van der Waals surface area contributed by atoms with Crippen LogP contribution in [0.2, 0.25) is 5.02 Å². The van der Waals surface area contributed by atoms with Crippen molar-refractivity contribution in [2.45, 2.75) is 25.9 Å². The summed E-state index contributed by atoms with van der Waals surface area (Å²) in [6.45, 7) is 2.18. The van der Waals surface area contributed by atoms with E-state index in [4.69, 9.17) is 16.7 Å².